The fourth-order valence-electron chi connectivity index (χ4n) is 3.68. The lowest BCUT2D eigenvalue weighted by atomic mass is 10.0. The Hall–Kier alpha value is -2.45. The molecule has 1 aromatic carbocycles. The monoisotopic (exact) mass is 389 g/mol. The van der Waals surface area contributed by atoms with Crippen LogP contribution >= 0.6 is 0 Å². The Kier molecular flexibility index (Phi) is 7.00. The smallest absolute Gasteiger partial charge is 0.337 e. The molecule has 1 atom stereocenters. The predicted octanol–water partition coefficient (Wildman–Crippen LogP) is 1.12. The Morgan fingerprint density at radius 3 is 2.71 bits per heavy atom. The number of hydrogen-bond donors (Lipinski definition) is 1. The molecule has 2 fully saturated rings. The van der Waals surface area contributed by atoms with Crippen LogP contribution in [-0.4, -0.2) is 80.1 Å². The predicted molar refractivity (Wildman–Crippen MR) is 103 cm³/mol. The number of carbonyl (C=O) groups excluding carboxylic acids is 3. The van der Waals surface area contributed by atoms with E-state index in [-0.39, 0.29) is 24.4 Å². The molecule has 28 heavy (non-hydrogen) atoms. The van der Waals surface area contributed by atoms with E-state index in [9.17, 15) is 14.4 Å². The van der Waals surface area contributed by atoms with Gasteiger partial charge in [0.05, 0.1) is 38.5 Å². The Balaban J connectivity index is 1.61. The highest BCUT2D eigenvalue weighted by Gasteiger charge is 2.33. The van der Waals surface area contributed by atoms with Crippen LogP contribution in [0.25, 0.3) is 0 Å². The summed E-state index contributed by atoms with van der Waals surface area (Å²) < 4.78 is 10.0. The number of esters is 1. The molecule has 2 amide bonds. The Labute approximate surface area is 164 Å². The molecule has 1 N–H and O–H groups in total. The van der Waals surface area contributed by atoms with Gasteiger partial charge >= 0.3 is 5.97 Å². The van der Waals surface area contributed by atoms with E-state index in [0.717, 1.165) is 25.8 Å². The van der Waals surface area contributed by atoms with Gasteiger partial charge in [-0.2, -0.15) is 0 Å². The zero-order chi connectivity index (χ0) is 19.9. The molecule has 0 aliphatic carbocycles. The van der Waals surface area contributed by atoms with E-state index in [0.29, 0.717) is 37.6 Å². The highest BCUT2D eigenvalue weighted by atomic mass is 16.5. The van der Waals surface area contributed by atoms with Crippen molar-refractivity contribution in [3.05, 3.63) is 29.8 Å². The van der Waals surface area contributed by atoms with Crippen LogP contribution in [0.2, 0.25) is 0 Å². The summed E-state index contributed by atoms with van der Waals surface area (Å²) in [6.07, 6.45) is 2.72. The van der Waals surface area contributed by atoms with Crippen molar-refractivity contribution in [1.29, 1.82) is 0 Å². The lowest BCUT2D eigenvalue weighted by molar-refractivity contribution is -0.142. The lowest BCUT2D eigenvalue weighted by Crippen LogP contribution is -2.54. The standard InChI is InChI=1S/C20H27N3O5/c1-27-20(26)15-5-4-6-16(13-15)21-18(24)14-23-8-3-2-7-17(23)19(25)22-9-11-28-12-10-22/h4-6,13,17H,2-3,7-12,14H2,1H3,(H,21,24)/t17-/m0/s1. The molecule has 0 saturated carbocycles. The van der Waals surface area contributed by atoms with E-state index in [1.165, 1.54) is 7.11 Å². The van der Waals surface area contributed by atoms with Gasteiger partial charge in [0, 0.05) is 18.8 Å². The Morgan fingerprint density at radius 2 is 1.96 bits per heavy atom. The molecule has 2 heterocycles. The molecule has 2 aliphatic rings. The minimum absolute atomic E-state index is 0.0866. The Bertz CT molecular complexity index is 718. The van der Waals surface area contributed by atoms with Gasteiger partial charge in [-0.3, -0.25) is 14.5 Å². The molecular weight excluding hydrogens is 362 g/mol. The number of piperidine rings is 1. The SMILES string of the molecule is COC(=O)c1cccc(NC(=O)CN2CCCC[C@H]2C(=O)N2CCOCC2)c1. The third-order valence-electron chi connectivity index (χ3n) is 5.14. The van der Waals surface area contributed by atoms with Crippen molar-refractivity contribution in [3.63, 3.8) is 0 Å². The molecule has 8 nitrogen and oxygen atoms in total. The summed E-state index contributed by atoms with van der Waals surface area (Å²) in [4.78, 5) is 40.9. The number of methoxy groups -OCH3 is 1. The number of rotatable bonds is 5. The lowest BCUT2D eigenvalue weighted by Gasteiger charge is -2.38. The minimum Gasteiger partial charge on any atom is -0.465 e. The first-order valence-corrected chi connectivity index (χ1v) is 9.67. The normalized spacial score (nSPS) is 20.5. The van der Waals surface area contributed by atoms with E-state index in [2.05, 4.69) is 5.32 Å². The molecule has 152 valence electrons. The van der Waals surface area contributed by atoms with Gasteiger partial charge in [0.2, 0.25) is 11.8 Å². The summed E-state index contributed by atoms with van der Waals surface area (Å²) in [5.74, 6) is -0.574. The maximum atomic E-state index is 12.9. The van der Waals surface area contributed by atoms with E-state index < -0.39 is 5.97 Å². The molecule has 2 saturated heterocycles. The van der Waals surface area contributed by atoms with Crippen LogP contribution in [-0.2, 0) is 19.1 Å². The summed E-state index contributed by atoms with van der Waals surface area (Å²) in [5.41, 5.74) is 0.902. The van der Waals surface area contributed by atoms with Gasteiger partial charge in [0.1, 0.15) is 0 Å². The number of likely N-dealkylation sites (tertiary alicyclic amines) is 1. The van der Waals surface area contributed by atoms with Crippen molar-refractivity contribution in [3.8, 4) is 0 Å². The van der Waals surface area contributed by atoms with Crippen molar-refractivity contribution in [2.45, 2.75) is 25.3 Å². The van der Waals surface area contributed by atoms with E-state index in [1.54, 1.807) is 24.3 Å². The van der Waals surface area contributed by atoms with Crippen LogP contribution in [0.3, 0.4) is 0 Å². The summed E-state index contributed by atoms with van der Waals surface area (Å²) in [7, 11) is 1.32. The van der Waals surface area contributed by atoms with Crippen molar-refractivity contribution in [2.75, 3.05) is 51.8 Å². The van der Waals surface area contributed by atoms with Gasteiger partial charge < -0.3 is 19.7 Å². The minimum atomic E-state index is -0.455. The Morgan fingerprint density at radius 1 is 1.18 bits per heavy atom. The second-order valence-electron chi connectivity index (χ2n) is 7.04. The van der Waals surface area contributed by atoms with Gasteiger partial charge in [-0.1, -0.05) is 12.5 Å². The third-order valence-corrected chi connectivity index (χ3v) is 5.14. The summed E-state index contributed by atoms with van der Waals surface area (Å²) in [6, 6.07) is 6.35. The fourth-order valence-corrected chi connectivity index (χ4v) is 3.68. The molecule has 2 aliphatic heterocycles. The van der Waals surface area contributed by atoms with Crippen molar-refractivity contribution < 1.29 is 23.9 Å². The molecule has 8 heteroatoms. The fraction of sp³-hybridized carbons (Fsp3) is 0.550. The number of benzene rings is 1. The first-order valence-electron chi connectivity index (χ1n) is 9.67. The second kappa shape index (κ2) is 9.66. The topological polar surface area (TPSA) is 88.2 Å². The average molecular weight is 389 g/mol. The molecule has 3 rings (SSSR count). The molecule has 0 spiro atoms. The van der Waals surface area contributed by atoms with Crippen LogP contribution in [0.15, 0.2) is 24.3 Å². The van der Waals surface area contributed by atoms with Crippen LogP contribution in [0.5, 0.6) is 0 Å². The number of anilines is 1. The van der Waals surface area contributed by atoms with E-state index >= 15 is 0 Å². The number of ether oxygens (including phenoxy) is 2. The second-order valence-corrected chi connectivity index (χ2v) is 7.04. The number of nitrogens with one attached hydrogen (secondary N) is 1. The zero-order valence-electron chi connectivity index (χ0n) is 16.2. The number of hydrogen-bond acceptors (Lipinski definition) is 6. The molecule has 1 aromatic rings. The maximum absolute atomic E-state index is 12.9. The molecule has 0 bridgehead atoms. The highest BCUT2D eigenvalue weighted by molar-refractivity contribution is 5.95. The van der Waals surface area contributed by atoms with Gasteiger partial charge in [-0.25, -0.2) is 4.79 Å². The number of morpholine rings is 1. The first-order chi connectivity index (χ1) is 13.6. The molecule has 0 unspecified atom stereocenters. The number of amides is 2. The van der Waals surface area contributed by atoms with E-state index in [1.807, 2.05) is 9.80 Å². The third kappa shape index (κ3) is 5.08. The van der Waals surface area contributed by atoms with E-state index in [4.69, 9.17) is 9.47 Å². The van der Waals surface area contributed by atoms with Gasteiger partial charge in [-0.15, -0.1) is 0 Å². The van der Waals surface area contributed by atoms with Crippen molar-refractivity contribution in [1.82, 2.24) is 9.80 Å². The van der Waals surface area contributed by atoms with Crippen LogP contribution in [0, 0.1) is 0 Å². The molecule has 0 aromatic heterocycles. The summed E-state index contributed by atoms with van der Waals surface area (Å²) in [5, 5.41) is 2.81. The van der Waals surface area contributed by atoms with Crippen molar-refractivity contribution in [2.24, 2.45) is 0 Å². The highest BCUT2D eigenvalue weighted by Crippen LogP contribution is 2.20. The average Bonchev–Trinajstić information content (AvgIpc) is 2.73. The number of carbonyl (C=O) groups is 3. The van der Waals surface area contributed by atoms with Crippen molar-refractivity contribution >= 4 is 23.5 Å². The quantitative estimate of drug-likeness (QED) is 0.760. The molecule has 0 radical (unpaired) electrons. The van der Waals surface area contributed by atoms with Crippen LogP contribution in [0.4, 0.5) is 5.69 Å². The van der Waals surface area contributed by atoms with Gasteiger partial charge in [0.15, 0.2) is 0 Å². The van der Waals surface area contributed by atoms with Gasteiger partial charge in [-0.05, 0) is 37.6 Å². The molecular formula is C20H27N3O5. The van der Waals surface area contributed by atoms with Crippen LogP contribution < -0.4 is 5.32 Å². The number of nitrogens with zero attached hydrogens (tertiary/aromatic N) is 2. The first kappa shape index (κ1) is 20.3. The largest absolute Gasteiger partial charge is 0.465 e. The maximum Gasteiger partial charge on any atom is 0.337 e. The van der Waals surface area contributed by atoms with Gasteiger partial charge in [0.25, 0.3) is 0 Å². The summed E-state index contributed by atoms with van der Waals surface area (Å²) in [6.45, 7) is 3.20. The summed E-state index contributed by atoms with van der Waals surface area (Å²) >= 11 is 0. The van der Waals surface area contributed by atoms with Crippen LogP contribution in [0.1, 0.15) is 29.6 Å². The zero-order valence-corrected chi connectivity index (χ0v) is 16.2.